The van der Waals surface area contributed by atoms with Crippen molar-refractivity contribution >= 4 is 24.2 Å². The Balaban J connectivity index is 1.77. The molecule has 2 aromatic rings. The van der Waals surface area contributed by atoms with E-state index in [0.29, 0.717) is 29.9 Å². The highest BCUT2D eigenvalue weighted by molar-refractivity contribution is 5.84. The SMILES string of the molecule is CCc1c(/C=C/c2ccc(F)cc2)nc2n(c1=O)C1CC1(C(=O)O)C=C2. The second kappa shape index (κ2) is 5.76. The van der Waals surface area contributed by atoms with Gasteiger partial charge in [-0.15, -0.1) is 0 Å². The van der Waals surface area contributed by atoms with Gasteiger partial charge in [-0.25, -0.2) is 9.37 Å². The molecular formula is C20H17FN2O3. The van der Waals surface area contributed by atoms with Crippen LogP contribution in [0.2, 0.25) is 0 Å². The maximum Gasteiger partial charge on any atom is 0.315 e. The Hall–Kier alpha value is -3.02. The fourth-order valence-corrected chi connectivity index (χ4v) is 3.53. The number of rotatable bonds is 4. The molecule has 0 radical (unpaired) electrons. The molecule has 1 fully saturated rings. The maximum atomic E-state index is 13.0. The van der Waals surface area contributed by atoms with Crippen molar-refractivity contribution < 1.29 is 14.3 Å². The van der Waals surface area contributed by atoms with Crippen LogP contribution < -0.4 is 5.56 Å². The number of carbonyl (C=O) groups is 1. The molecule has 1 aromatic heterocycles. The van der Waals surface area contributed by atoms with Crippen LogP contribution in [-0.4, -0.2) is 20.6 Å². The van der Waals surface area contributed by atoms with E-state index in [1.54, 1.807) is 36.4 Å². The zero-order valence-electron chi connectivity index (χ0n) is 14.1. The van der Waals surface area contributed by atoms with E-state index >= 15 is 0 Å². The number of benzene rings is 1. The number of aliphatic carboxylic acids is 1. The molecule has 0 saturated heterocycles. The fourth-order valence-electron chi connectivity index (χ4n) is 3.53. The van der Waals surface area contributed by atoms with Gasteiger partial charge in [0.1, 0.15) is 17.1 Å². The smallest absolute Gasteiger partial charge is 0.315 e. The Morgan fingerprint density at radius 3 is 2.77 bits per heavy atom. The van der Waals surface area contributed by atoms with Gasteiger partial charge in [0, 0.05) is 5.56 Å². The molecule has 0 amide bonds. The lowest BCUT2D eigenvalue weighted by Crippen LogP contribution is -2.32. The van der Waals surface area contributed by atoms with E-state index in [2.05, 4.69) is 4.98 Å². The molecule has 132 valence electrons. The molecule has 5 nitrogen and oxygen atoms in total. The molecule has 1 saturated carbocycles. The Bertz CT molecular complexity index is 1020. The lowest BCUT2D eigenvalue weighted by atomic mass is 10.0. The zero-order valence-corrected chi connectivity index (χ0v) is 14.1. The molecule has 2 aliphatic rings. The molecule has 0 bridgehead atoms. The van der Waals surface area contributed by atoms with Gasteiger partial charge in [-0.1, -0.05) is 31.2 Å². The first-order chi connectivity index (χ1) is 12.5. The van der Waals surface area contributed by atoms with Crippen LogP contribution in [0.4, 0.5) is 4.39 Å². The highest BCUT2D eigenvalue weighted by Crippen LogP contribution is 2.59. The summed E-state index contributed by atoms with van der Waals surface area (Å²) in [5.74, 6) is -0.738. The summed E-state index contributed by atoms with van der Waals surface area (Å²) in [5, 5.41) is 9.44. The Morgan fingerprint density at radius 2 is 2.12 bits per heavy atom. The summed E-state index contributed by atoms with van der Waals surface area (Å²) in [6, 6.07) is 5.68. The predicted octanol–water partition coefficient (Wildman–Crippen LogP) is 3.16. The quantitative estimate of drug-likeness (QED) is 0.917. The molecule has 26 heavy (non-hydrogen) atoms. The lowest BCUT2D eigenvalue weighted by molar-refractivity contribution is -0.141. The second-order valence-corrected chi connectivity index (χ2v) is 6.65. The third kappa shape index (κ3) is 2.41. The van der Waals surface area contributed by atoms with Gasteiger partial charge in [0.05, 0.1) is 11.7 Å². The molecule has 2 unspecified atom stereocenters. The van der Waals surface area contributed by atoms with Crippen molar-refractivity contribution in [1.29, 1.82) is 0 Å². The minimum atomic E-state index is -0.963. The lowest BCUT2D eigenvalue weighted by Gasteiger charge is -2.19. The number of nitrogens with zero attached hydrogens (tertiary/aromatic N) is 2. The van der Waals surface area contributed by atoms with Gasteiger partial charge in [-0.2, -0.15) is 0 Å². The van der Waals surface area contributed by atoms with Crippen molar-refractivity contribution in [3.05, 3.63) is 69.2 Å². The van der Waals surface area contributed by atoms with E-state index in [4.69, 9.17) is 0 Å². The van der Waals surface area contributed by atoms with Crippen molar-refractivity contribution in [3.63, 3.8) is 0 Å². The van der Waals surface area contributed by atoms with Gasteiger partial charge in [0.25, 0.3) is 5.56 Å². The van der Waals surface area contributed by atoms with Gasteiger partial charge in [-0.3, -0.25) is 14.2 Å². The average molecular weight is 352 g/mol. The van der Waals surface area contributed by atoms with E-state index < -0.39 is 11.4 Å². The third-order valence-electron chi connectivity index (χ3n) is 5.13. The van der Waals surface area contributed by atoms with E-state index in [1.165, 1.54) is 16.7 Å². The Labute approximate surface area is 149 Å². The van der Waals surface area contributed by atoms with Gasteiger partial charge in [-0.05, 0) is 42.7 Å². The summed E-state index contributed by atoms with van der Waals surface area (Å²) in [5.41, 5.74) is 0.758. The van der Waals surface area contributed by atoms with Crippen LogP contribution in [-0.2, 0) is 11.2 Å². The normalized spacial score (nSPS) is 22.9. The molecule has 1 aliphatic carbocycles. The van der Waals surface area contributed by atoms with Gasteiger partial charge in [0.2, 0.25) is 0 Å². The summed E-state index contributed by atoms with van der Waals surface area (Å²) < 4.78 is 14.5. The number of hydrogen-bond donors (Lipinski definition) is 1. The first-order valence-electron chi connectivity index (χ1n) is 8.48. The molecule has 6 heteroatoms. The Morgan fingerprint density at radius 1 is 1.38 bits per heavy atom. The minimum absolute atomic E-state index is 0.186. The standard InChI is InChI=1S/C20H17FN2O3/c1-2-14-15(8-5-12-3-6-13(21)7-4-12)22-17-9-10-20(19(25)26)11-16(20)23(17)18(14)24/h3-10,16H,2,11H2,1H3,(H,25,26)/b8-5+. The summed E-state index contributed by atoms with van der Waals surface area (Å²) >= 11 is 0. The largest absolute Gasteiger partial charge is 0.481 e. The summed E-state index contributed by atoms with van der Waals surface area (Å²) in [6.07, 6.45) is 7.69. The van der Waals surface area contributed by atoms with Crippen LogP contribution in [0.5, 0.6) is 0 Å². The van der Waals surface area contributed by atoms with E-state index in [9.17, 15) is 19.1 Å². The number of carboxylic acids is 1. The highest BCUT2D eigenvalue weighted by Gasteiger charge is 2.62. The van der Waals surface area contributed by atoms with Gasteiger partial charge >= 0.3 is 5.97 Å². The van der Waals surface area contributed by atoms with Crippen LogP contribution in [0.15, 0.2) is 35.1 Å². The number of carboxylic acid groups (broad SMARTS) is 1. The first-order valence-corrected chi connectivity index (χ1v) is 8.48. The molecule has 4 rings (SSSR count). The molecule has 2 atom stereocenters. The van der Waals surface area contributed by atoms with Crippen molar-refractivity contribution in [2.24, 2.45) is 5.41 Å². The minimum Gasteiger partial charge on any atom is -0.481 e. The maximum absolute atomic E-state index is 13.0. The van der Waals surface area contributed by atoms with E-state index in [1.807, 2.05) is 6.92 Å². The Kier molecular flexibility index (Phi) is 3.64. The van der Waals surface area contributed by atoms with Crippen LogP contribution in [0.1, 0.15) is 42.0 Å². The van der Waals surface area contributed by atoms with E-state index in [0.717, 1.165) is 5.56 Å². The molecule has 2 heterocycles. The number of aromatic nitrogens is 2. The number of fused-ring (bicyclic) bond motifs is 3. The van der Waals surface area contributed by atoms with E-state index in [-0.39, 0.29) is 17.4 Å². The fraction of sp³-hybridized carbons (Fsp3) is 0.250. The van der Waals surface area contributed by atoms with Gasteiger partial charge in [0.15, 0.2) is 0 Å². The predicted molar refractivity (Wildman–Crippen MR) is 96.0 cm³/mol. The van der Waals surface area contributed by atoms with Crippen molar-refractivity contribution in [1.82, 2.24) is 9.55 Å². The molecule has 0 spiro atoms. The summed E-state index contributed by atoms with van der Waals surface area (Å²) in [4.78, 5) is 29.0. The molecule has 1 aromatic carbocycles. The number of halogens is 1. The van der Waals surface area contributed by atoms with Crippen LogP contribution in [0.3, 0.4) is 0 Å². The summed E-state index contributed by atoms with van der Waals surface area (Å²) in [6.45, 7) is 1.87. The average Bonchev–Trinajstić information content (AvgIpc) is 3.37. The van der Waals surface area contributed by atoms with Crippen molar-refractivity contribution in [2.45, 2.75) is 25.8 Å². The van der Waals surface area contributed by atoms with Crippen molar-refractivity contribution in [2.75, 3.05) is 0 Å². The zero-order chi connectivity index (χ0) is 18.5. The van der Waals surface area contributed by atoms with Gasteiger partial charge < -0.3 is 5.11 Å². The first kappa shape index (κ1) is 16.4. The molecule has 1 N–H and O–H groups in total. The summed E-state index contributed by atoms with van der Waals surface area (Å²) in [7, 11) is 0. The topological polar surface area (TPSA) is 72.2 Å². The highest BCUT2D eigenvalue weighted by atomic mass is 19.1. The van der Waals surface area contributed by atoms with Crippen LogP contribution in [0, 0.1) is 11.2 Å². The van der Waals surface area contributed by atoms with Crippen LogP contribution >= 0.6 is 0 Å². The monoisotopic (exact) mass is 352 g/mol. The van der Waals surface area contributed by atoms with Crippen LogP contribution in [0.25, 0.3) is 18.2 Å². The number of hydrogen-bond acceptors (Lipinski definition) is 3. The second-order valence-electron chi connectivity index (χ2n) is 6.65. The molecule has 1 aliphatic heterocycles. The molecular weight excluding hydrogens is 335 g/mol. The van der Waals surface area contributed by atoms with Crippen molar-refractivity contribution in [3.8, 4) is 0 Å². The third-order valence-corrected chi connectivity index (χ3v) is 5.13.